The first kappa shape index (κ1) is 22.5. The largest absolute Gasteiger partial charge is 0.395 e. The fourth-order valence-electron chi connectivity index (χ4n) is 4.07. The monoisotopic (exact) mass is 444 g/mol. The van der Waals surface area contributed by atoms with Crippen molar-refractivity contribution in [3.63, 3.8) is 0 Å². The zero-order chi connectivity index (χ0) is 23.2. The first-order valence-corrected chi connectivity index (χ1v) is 11.2. The van der Waals surface area contributed by atoms with E-state index in [1.54, 1.807) is 4.57 Å². The number of hydrogen-bond acceptors (Lipinski definition) is 6. The molecule has 0 spiro atoms. The molecule has 0 saturated carbocycles. The van der Waals surface area contributed by atoms with Crippen LogP contribution in [0.25, 0.3) is 22.5 Å². The quantitative estimate of drug-likeness (QED) is 0.410. The summed E-state index contributed by atoms with van der Waals surface area (Å²) in [6.45, 7) is 4.12. The minimum atomic E-state index is -0.0923. The molecule has 0 fully saturated rings. The molecule has 0 aliphatic carbocycles. The number of benzene rings is 2. The van der Waals surface area contributed by atoms with E-state index in [2.05, 4.69) is 39.7 Å². The highest BCUT2D eigenvalue weighted by Crippen LogP contribution is 2.30. The summed E-state index contributed by atoms with van der Waals surface area (Å²) >= 11 is 0. The zero-order valence-corrected chi connectivity index (χ0v) is 19.0. The van der Waals surface area contributed by atoms with Crippen molar-refractivity contribution in [2.45, 2.75) is 46.1 Å². The Balaban J connectivity index is 1.67. The Hall–Kier alpha value is -3.65. The van der Waals surface area contributed by atoms with Gasteiger partial charge in [-0.2, -0.15) is 0 Å². The summed E-state index contributed by atoms with van der Waals surface area (Å²) in [6.07, 6.45) is 3.30. The highest BCUT2D eigenvalue weighted by Gasteiger charge is 2.16. The summed E-state index contributed by atoms with van der Waals surface area (Å²) in [4.78, 5) is 17.9. The molecule has 4 aromatic rings. The normalized spacial score (nSPS) is 11.1. The number of unbranched alkanes of at least 4 members (excludes halogenated alkanes) is 1. The van der Waals surface area contributed by atoms with Crippen LogP contribution in [0.1, 0.15) is 42.4 Å². The van der Waals surface area contributed by atoms with Crippen LogP contribution in [0.3, 0.4) is 0 Å². The van der Waals surface area contributed by atoms with Crippen LogP contribution in [0.4, 0.5) is 0 Å². The first-order chi connectivity index (χ1) is 16.1. The van der Waals surface area contributed by atoms with Gasteiger partial charge in [0.25, 0.3) is 5.56 Å². The lowest BCUT2D eigenvalue weighted by molar-refractivity contribution is 0.271. The molecule has 170 valence electrons. The van der Waals surface area contributed by atoms with Gasteiger partial charge in [0, 0.05) is 17.5 Å². The molecule has 2 heterocycles. The number of aryl methyl sites for hydroxylation is 2. The molecule has 2 N–H and O–H groups in total. The number of aliphatic hydroxyl groups excluding tert-OH is 1. The molecule has 0 radical (unpaired) electrons. The van der Waals surface area contributed by atoms with Crippen LogP contribution in [0.2, 0.25) is 0 Å². The summed E-state index contributed by atoms with van der Waals surface area (Å²) in [5, 5.41) is 23.6. The number of nitrogens with one attached hydrogen (secondary N) is 1. The van der Waals surface area contributed by atoms with Gasteiger partial charge < -0.3 is 5.11 Å². The van der Waals surface area contributed by atoms with Crippen LogP contribution in [0.5, 0.6) is 0 Å². The topological polar surface area (TPSA) is 110 Å². The highest BCUT2D eigenvalue weighted by molar-refractivity contribution is 5.80. The van der Waals surface area contributed by atoms with Crippen LogP contribution < -0.4 is 5.56 Å². The standard InChI is InChI=1S/C25H28N6O2/c1-3-4-9-23-22(25(33)31(14-15-32)17(2)26-23)16-18-10-12-19(13-11-18)20-7-5-6-8-21(20)24-27-29-30-28-24/h5-8,10-13,32H,3-4,9,14-16H2,1-2H3,(H,27,28,29,30). The predicted molar refractivity (Wildman–Crippen MR) is 127 cm³/mol. The van der Waals surface area contributed by atoms with E-state index in [0.29, 0.717) is 23.6 Å². The van der Waals surface area contributed by atoms with Gasteiger partial charge in [0.2, 0.25) is 0 Å². The second-order valence-electron chi connectivity index (χ2n) is 8.04. The number of H-pyrrole nitrogens is 1. The molecular weight excluding hydrogens is 416 g/mol. The van der Waals surface area contributed by atoms with Crippen molar-refractivity contribution < 1.29 is 5.11 Å². The molecule has 8 heteroatoms. The van der Waals surface area contributed by atoms with Crippen molar-refractivity contribution in [3.8, 4) is 22.5 Å². The average Bonchev–Trinajstić information content (AvgIpc) is 3.38. The van der Waals surface area contributed by atoms with Gasteiger partial charge in [0.05, 0.1) is 18.8 Å². The predicted octanol–water partition coefficient (Wildman–Crippen LogP) is 3.32. The maximum atomic E-state index is 13.2. The molecule has 0 aliphatic rings. The van der Waals surface area contributed by atoms with Gasteiger partial charge in [0.1, 0.15) is 5.82 Å². The summed E-state index contributed by atoms with van der Waals surface area (Å²) < 4.78 is 1.57. The zero-order valence-electron chi connectivity index (χ0n) is 19.0. The van der Waals surface area contributed by atoms with E-state index in [1.807, 2.05) is 43.3 Å². The number of aliphatic hydroxyl groups is 1. The third-order valence-corrected chi connectivity index (χ3v) is 5.80. The maximum absolute atomic E-state index is 13.2. The minimum Gasteiger partial charge on any atom is -0.395 e. The van der Waals surface area contributed by atoms with E-state index in [1.165, 1.54) is 0 Å². The van der Waals surface area contributed by atoms with Crippen LogP contribution in [-0.2, 0) is 19.4 Å². The Bertz CT molecular complexity index is 1260. The van der Waals surface area contributed by atoms with Crippen molar-refractivity contribution in [1.29, 1.82) is 0 Å². The van der Waals surface area contributed by atoms with Crippen LogP contribution in [0, 0.1) is 6.92 Å². The van der Waals surface area contributed by atoms with Crippen molar-refractivity contribution >= 4 is 0 Å². The lowest BCUT2D eigenvalue weighted by Crippen LogP contribution is -2.30. The molecule has 0 saturated heterocycles. The van der Waals surface area contributed by atoms with Gasteiger partial charge in [0.15, 0.2) is 5.82 Å². The van der Waals surface area contributed by atoms with Crippen molar-refractivity contribution in [1.82, 2.24) is 30.2 Å². The lowest BCUT2D eigenvalue weighted by atomic mass is 9.96. The summed E-state index contributed by atoms with van der Waals surface area (Å²) in [7, 11) is 0. The van der Waals surface area contributed by atoms with E-state index in [4.69, 9.17) is 4.98 Å². The Labute approximate surface area is 192 Å². The van der Waals surface area contributed by atoms with Gasteiger partial charge in [-0.05, 0) is 46.9 Å². The fourth-order valence-corrected chi connectivity index (χ4v) is 4.07. The first-order valence-electron chi connectivity index (χ1n) is 11.2. The Morgan fingerprint density at radius 1 is 1.06 bits per heavy atom. The molecular formula is C25H28N6O2. The lowest BCUT2D eigenvalue weighted by Gasteiger charge is -2.15. The number of aromatic amines is 1. The van der Waals surface area contributed by atoms with Crippen molar-refractivity contribution in [3.05, 3.63) is 81.5 Å². The highest BCUT2D eigenvalue weighted by atomic mass is 16.3. The Kier molecular flexibility index (Phi) is 7.04. The van der Waals surface area contributed by atoms with Crippen LogP contribution >= 0.6 is 0 Å². The van der Waals surface area contributed by atoms with Gasteiger partial charge >= 0.3 is 0 Å². The maximum Gasteiger partial charge on any atom is 0.257 e. The van der Waals surface area contributed by atoms with Crippen molar-refractivity contribution in [2.75, 3.05) is 6.61 Å². The summed E-state index contributed by atoms with van der Waals surface area (Å²) in [5.74, 6) is 1.27. The second kappa shape index (κ2) is 10.3. The number of nitrogens with zero attached hydrogens (tertiary/aromatic N) is 5. The third-order valence-electron chi connectivity index (χ3n) is 5.80. The summed E-state index contributed by atoms with van der Waals surface area (Å²) in [6, 6.07) is 16.1. The molecule has 0 amide bonds. The molecule has 8 nitrogen and oxygen atoms in total. The minimum absolute atomic E-state index is 0.0603. The van der Waals surface area contributed by atoms with Crippen LogP contribution in [0.15, 0.2) is 53.3 Å². The molecule has 0 unspecified atom stereocenters. The van der Waals surface area contributed by atoms with E-state index in [0.717, 1.165) is 47.2 Å². The molecule has 33 heavy (non-hydrogen) atoms. The molecule has 4 rings (SSSR count). The van der Waals surface area contributed by atoms with Gasteiger partial charge in [-0.15, -0.1) is 5.10 Å². The van der Waals surface area contributed by atoms with Crippen molar-refractivity contribution in [2.24, 2.45) is 0 Å². The van der Waals surface area contributed by atoms with Crippen LogP contribution in [-0.4, -0.2) is 41.9 Å². The third kappa shape index (κ3) is 4.90. The fraction of sp³-hybridized carbons (Fsp3) is 0.320. The van der Waals surface area contributed by atoms with E-state index in [9.17, 15) is 9.90 Å². The second-order valence-corrected chi connectivity index (χ2v) is 8.04. The molecule has 0 atom stereocenters. The van der Waals surface area contributed by atoms with Gasteiger partial charge in [-0.1, -0.05) is 61.9 Å². The SMILES string of the molecule is CCCCc1nc(C)n(CCO)c(=O)c1Cc1ccc(-c2ccccc2-c2nnn[nH]2)cc1. The molecule has 2 aromatic carbocycles. The Morgan fingerprint density at radius 2 is 1.82 bits per heavy atom. The molecule has 0 bridgehead atoms. The molecule has 0 aliphatic heterocycles. The number of tetrazole rings is 1. The van der Waals surface area contributed by atoms with Gasteiger partial charge in [-0.25, -0.2) is 10.1 Å². The smallest absolute Gasteiger partial charge is 0.257 e. The number of rotatable bonds is 9. The van der Waals surface area contributed by atoms with Gasteiger partial charge in [-0.3, -0.25) is 9.36 Å². The number of aromatic nitrogens is 6. The molecule has 2 aromatic heterocycles. The van der Waals surface area contributed by atoms with E-state index < -0.39 is 0 Å². The Morgan fingerprint density at radius 3 is 2.48 bits per heavy atom. The van der Waals surface area contributed by atoms with E-state index >= 15 is 0 Å². The average molecular weight is 445 g/mol. The number of hydrogen-bond donors (Lipinski definition) is 2. The van der Waals surface area contributed by atoms with E-state index in [-0.39, 0.29) is 18.7 Å². The summed E-state index contributed by atoms with van der Waals surface area (Å²) in [5.41, 5.74) is 5.53.